The fraction of sp³-hybridized carbons (Fsp3) is 0.478. The lowest BCUT2D eigenvalue weighted by atomic mass is 9.88. The van der Waals surface area contributed by atoms with Crippen molar-refractivity contribution >= 4 is 39.3 Å². The van der Waals surface area contributed by atoms with Crippen LogP contribution in [0.3, 0.4) is 0 Å². The number of aromatic nitrogens is 2. The number of pyridine rings is 2. The summed E-state index contributed by atoms with van der Waals surface area (Å²) in [5.74, 6) is -0.776. The number of hydrogen-bond donors (Lipinski definition) is 4. The van der Waals surface area contributed by atoms with E-state index in [0.717, 1.165) is 12.8 Å². The molecule has 2 aliphatic rings. The zero-order valence-electron chi connectivity index (χ0n) is 19.7. The van der Waals surface area contributed by atoms with Crippen molar-refractivity contribution < 1.29 is 13.4 Å². The number of halogens is 2. The van der Waals surface area contributed by atoms with Crippen LogP contribution in [0.2, 0.25) is 5.02 Å². The zero-order chi connectivity index (χ0) is 24.9. The van der Waals surface area contributed by atoms with Crippen LogP contribution in [0.5, 0.6) is 0 Å². The normalized spacial score (nSPS) is 26.5. The maximum absolute atomic E-state index is 15.3. The molecule has 0 saturated carbocycles. The van der Waals surface area contributed by atoms with Gasteiger partial charge in [0.25, 0.3) is 5.91 Å². The Hall–Kier alpha value is -2.43. The van der Waals surface area contributed by atoms with Gasteiger partial charge in [0.15, 0.2) is 0 Å². The third-order valence-corrected chi connectivity index (χ3v) is 11.4. The molecule has 2 aliphatic heterocycles. The van der Waals surface area contributed by atoms with E-state index in [1.165, 1.54) is 18.3 Å². The van der Waals surface area contributed by atoms with E-state index in [0.29, 0.717) is 23.6 Å². The minimum Gasteiger partial charge on any atom is -0.386 e. The number of carbonyl (C=O) groups is 1. The van der Waals surface area contributed by atoms with Crippen molar-refractivity contribution in [2.45, 2.75) is 62.5 Å². The first-order valence-corrected chi connectivity index (χ1v) is 13.4. The predicted octanol–water partition coefficient (Wildman–Crippen LogP) is 3.27. The van der Waals surface area contributed by atoms with E-state index >= 15 is 4.39 Å². The number of anilines is 1. The van der Waals surface area contributed by atoms with Crippen LogP contribution >= 0.6 is 11.6 Å². The quantitative estimate of drug-likeness (QED) is 0.474. The van der Waals surface area contributed by atoms with Crippen molar-refractivity contribution in [3.8, 4) is 0 Å². The molecule has 0 unspecified atom stereocenters. The van der Waals surface area contributed by atoms with E-state index in [-0.39, 0.29) is 23.0 Å². The summed E-state index contributed by atoms with van der Waals surface area (Å²) in [6.45, 7) is 7.68. The maximum Gasteiger partial charge on any atom is 0.275 e. The van der Waals surface area contributed by atoms with Gasteiger partial charge in [-0.25, -0.2) is 14.4 Å². The molecule has 0 aliphatic carbocycles. The second-order valence-corrected chi connectivity index (χ2v) is 13.4. The van der Waals surface area contributed by atoms with Gasteiger partial charge < -0.3 is 11.1 Å². The topological polar surface area (TPSA) is 122 Å². The summed E-state index contributed by atoms with van der Waals surface area (Å²) in [7, 11) is -3.15. The van der Waals surface area contributed by atoms with Gasteiger partial charge in [-0.2, -0.15) is 0 Å². The second-order valence-electron chi connectivity index (χ2n) is 9.58. The lowest BCUT2D eigenvalue weighted by Crippen LogP contribution is -2.67. The number of amidine groups is 1. The van der Waals surface area contributed by atoms with Gasteiger partial charge in [0.2, 0.25) is 0 Å². The molecule has 2 atom stereocenters. The van der Waals surface area contributed by atoms with Gasteiger partial charge in [0.1, 0.15) is 34.4 Å². The van der Waals surface area contributed by atoms with Crippen LogP contribution < -0.4 is 15.8 Å². The van der Waals surface area contributed by atoms with Crippen LogP contribution in [0.25, 0.3) is 0 Å². The number of fused-ring (bicyclic) bond motifs is 1. The number of aliphatic imine (C=N–C) groups is 1. The van der Waals surface area contributed by atoms with Crippen LogP contribution in [-0.4, -0.2) is 42.5 Å². The average Bonchev–Trinajstić information content (AvgIpc) is 2.97. The van der Waals surface area contributed by atoms with Crippen molar-refractivity contribution in [2.75, 3.05) is 11.9 Å². The Morgan fingerprint density at radius 3 is 2.76 bits per heavy atom. The van der Waals surface area contributed by atoms with E-state index < -0.39 is 37.4 Å². The lowest BCUT2D eigenvalue weighted by molar-refractivity contribution is 0.102. The summed E-state index contributed by atoms with van der Waals surface area (Å²) in [5, 5.41) is 2.59. The third kappa shape index (κ3) is 3.91. The molecule has 34 heavy (non-hydrogen) atoms. The van der Waals surface area contributed by atoms with Crippen LogP contribution in [-0.2, 0) is 15.7 Å². The van der Waals surface area contributed by atoms with Gasteiger partial charge in [0.05, 0.1) is 15.0 Å². The van der Waals surface area contributed by atoms with Gasteiger partial charge in [-0.1, -0.05) is 18.0 Å². The molecular formula is C23H30ClFN6O2S. The molecule has 0 spiro atoms. The fourth-order valence-corrected chi connectivity index (χ4v) is 8.81. The molecule has 2 aromatic rings. The molecule has 0 bridgehead atoms. The van der Waals surface area contributed by atoms with Crippen molar-refractivity contribution in [1.82, 2.24) is 14.7 Å². The maximum atomic E-state index is 15.3. The van der Waals surface area contributed by atoms with E-state index in [9.17, 15) is 9.00 Å². The van der Waals surface area contributed by atoms with Crippen LogP contribution in [0.1, 0.15) is 61.8 Å². The van der Waals surface area contributed by atoms with E-state index in [1.54, 1.807) is 19.9 Å². The summed E-state index contributed by atoms with van der Waals surface area (Å²) in [6, 6.07) is 4.23. The summed E-state index contributed by atoms with van der Waals surface area (Å²) in [4.78, 5) is 26.0. The molecule has 0 radical (unpaired) electrons. The Kier molecular flexibility index (Phi) is 6.28. The molecule has 4 rings (SSSR count). The summed E-state index contributed by atoms with van der Waals surface area (Å²) in [6.07, 6.45) is 3.65. The zero-order valence-corrected chi connectivity index (χ0v) is 21.3. The fourth-order valence-electron chi connectivity index (χ4n) is 4.89. The number of carbonyl (C=O) groups excluding carboxylic acids is 1. The highest BCUT2D eigenvalue weighted by Crippen LogP contribution is 2.47. The minimum atomic E-state index is -3.15. The molecule has 4 N–H and O–H groups in total. The van der Waals surface area contributed by atoms with Gasteiger partial charge in [0, 0.05) is 12.7 Å². The molecule has 2 aromatic heterocycles. The first kappa shape index (κ1) is 24.7. The van der Waals surface area contributed by atoms with Crippen LogP contribution in [0, 0.1) is 12.7 Å². The van der Waals surface area contributed by atoms with E-state index in [4.69, 9.17) is 22.3 Å². The second kappa shape index (κ2) is 8.66. The Balaban J connectivity index is 1.78. The monoisotopic (exact) mass is 508 g/mol. The number of nitrogens with one attached hydrogen (secondary N) is 2. The van der Waals surface area contributed by atoms with Crippen molar-refractivity contribution in [3.05, 3.63) is 52.2 Å². The Labute approximate surface area is 204 Å². The average molecular weight is 509 g/mol. The molecule has 184 valence electrons. The Morgan fingerprint density at radius 2 is 2.06 bits per heavy atom. The molecular weight excluding hydrogens is 479 g/mol. The predicted molar refractivity (Wildman–Crippen MR) is 134 cm³/mol. The third-order valence-electron chi connectivity index (χ3n) is 6.98. The van der Waals surface area contributed by atoms with Crippen molar-refractivity contribution in [3.63, 3.8) is 0 Å². The van der Waals surface area contributed by atoms with E-state index in [2.05, 4.69) is 20.0 Å². The first-order valence-electron chi connectivity index (χ1n) is 11.2. The number of nitrogens with two attached hydrogens (primary N) is 1. The molecule has 1 saturated heterocycles. The SMILES string of the molecule is Cc1cc(Cl)cnc1C(=O)Nc1ccc(F)c([C@@]2(C)N=C(N)C(C)(C)[SH]3(=O)NCCCC[C@@H]23)n1. The van der Waals surface area contributed by atoms with Gasteiger partial charge >= 0.3 is 0 Å². The number of aryl methyl sites for hydroxylation is 1. The van der Waals surface area contributed by atoms with Gasteiger partial charge in [-0.3, -0.25) is 18.7 Å². The van der Waals surface area contributed by atoms with Crippen molar-refractivity contribution in [2.24, 2.45) is 10.7 Å². The molecule has 1 fully saturated rings. The number of rotatable bonds is 3. The summed E-state index contributed by atoms with van der Waals surface area (Å²) < 4.78 is 32.0. The Morgan fingerprint density at radius 1 is 1.32 bits per heavy atom. The molecule has 1 amide bonds. The summed E-state index contributed by atoms with van der Waals surface area (Å²) in [5.41, 5.74) is 5.84. The van der Waals surface area contributed by atoms with Crippen LogP contribution in [0.15, 0.2) is 29.4 Å². The molecule has 0 aromatic carbocycles. The highest BCUT2D eigenvalue weighted by molar-refractivity contribution is 8.03. The van der Waals surface area contributed by atoms with Crippen LogP contribution in [0.4, 0.5) is 10.2 Å². The smallest absolute Gasteiger partial charge is 0.275 e. The van der Waals surface area contributed by atoms with Gasteiger partial charge in [-0.05, 0) is 74.4 Å². The molecule has 8 nitrogen and oxygen atoms in total. The highest BCUT2D eigenvalue weighted by atomic mass is 35.5. The first-order chi connectivity index (χ1) is 15.9. The minimum absolute atomic E-state index is 0.00142. The van der Waals surface area contributed by atoms with Crippen molar-refractivity contribution in [1.29, 1.82) is 0 Å². The number of hydrogen-bond acceptors (Lipinski definition) is 6. The van der Waals surface area contributed by atoms with Gasteiger partial charge in [-0.15, -0.1) is 0 Å². The number of amides is 1. The lowest BCUT2D eigenvalue weighted by Gasteiger charge is -2.53. The number of thiol groups is 1. The highest BCUT2D eigenvalue weighted by Gasteiger charge is 2.57. The number of nitrogens with zero attached hydrogens (tertiary/aromatic N) is 3. The summed E-state index contributed by atoms with van der Waals surface area (Å²) >= 11 is 5.93. The largest absolute Gasteiger partial charge is 0.386 e. The molecule has 11 heteroatoms. The Bertz CT molecular complexity index is 1240. The standard InChI is InChI=1S/C23H30ClFN6O2S/c1-13-11-14(24)12-27-18(13)20(32)30-17-9-8-15(25)19(29-17)23(4)16-7-5-6-10-28-34(16,33)22(2,3)21(26)31-23/h8-9,11-12,16,34H,5-7,10H2,1-4H3,(H2,26,31)(H,28,33)(H,29,30,32)/t16-,23-/m0/s1. The molecule has 4 heterocycles. The van der Waals surface area contributed by atoms with E-state index in [1.807, 2.05) is 13.8 Å².